The Hall–Kier alpha value is -1.91. The molecule has 2 aromatic heterocycles. The monoisotopic (exact) mass is 437 g/mol. The van der Waals surface area contributed by atoms with Crippen molar-refractivity contribution in [1.82, 2.24) is 15.5 Å². The maximum Gasteiger partial charge on any atom is 0.287 e. The van der Waals surface area contributed by atoms with Crippen molar-refractivity contribution in [3.05, 3.63) is 40.6 Å². The van der Waals surface area contributed by atoms with Crippen molar-refractivity contribution >= 4 is 49.8 Å². The maximum atomic E-state index is 12.8. The summed E-state index contributed by atoms with van der Waals surface area (Å²) >= 11 is 3.02. The number of furan rings is 1. The molecule has 3 aromatic rings. The van der Waals surface area contributed by atoms with Gasteiger partial charge in [0.15, 0.2) is 19.9 Å². The van der Waals surface area contributed by atoms with E-state index in [0.29, 0.717) is 24.3 Å². The maximum absolute atomic E-state index is 12.8. The molecule has 0 radical (unpaired) electrons. The van der Waals surface area contributed by atoms with Gasteiger partial charge in [0.1, 0.15) is 10.6 Å². The molecule has 4 rings (SSSR count). The van der Waals surface area contributed by atoms with Crippen LogP contribution in [0.1, 0.15) is 27.5 Å². The van der Waals surface area contributed by atoms with Crippen LogP contribution >= 0.6 is 23.1 Å². The van der Waals surface area contributed by atoms with Gasteiger partial charge in [-0.3, -0.25) is 4.79 Å². The number of aryl methyl sites for hydroxylation is 1. The summed E-state index contributed by atoms with van der Waals surface area (Å²) in [5, 5.41) is 12.8. The highest BCUT2D eigenvalue weighted by Gasteiger charge is 2.29. The Morgan fingerprint density at radius 3 is 2.89 bits per heavy atom. The number of sulfone groups is 1. The zero-order chi connectivity index (χ0) is 19.7. The second kappa shape index (κ2) is 7.84. The molecule has 1 aliphatic rings. The number of amides is 1. The van der Waals surface area contributed by atoms with Crippen LogP contribution in [0, 0.1) is 12.8 Å². The van der Waals surface area contributed by atoms with Gasteiger partial charge in [-0.25, -0.2) is 8.42 Å². The Kier molecular flexibility index (Phi) is 5.44. The molecule has 1 unspecified atom stereocenters. The minimum absolute atomic E-state index is 0.0412. The van der Waals surface area contributed by atoms with Crippen LogP contribution in [0.2, 0.25) is 0 Å². The smallest absolute Gasteiger partial charge is 0.287 e. The number of para-hydroxylation sites is 1. The van der Waals surface area contributed by atoms with E-state index in [1.54, 1.807) is 0 Å². The molecular formula is C18H19N3O4S3. The number of aromatic nitrogens is 2. The molecule has 1 atom stereocenters. The minimum Gasteiger partial charge on any atom is -0.451 e. The van der Waals surface area contributed by atoms with Crippen molar-refractivity contribution in [3.63, 3.8) is 0 Å². The number of thioether (sulfide) groups is 1. The Morgan fingerprint density at radius 2 is 2.18 bits per heavy atom. The van der Waals surface area contributed by atoms with Crippen molar-refractivity contribution in [2.75, 3.05) is 18.1 Å². The molecule has 28 heavy (non-hydrogen) atoms. The van der Waals surface area contributed by atoms with E-state index in [1.807, 2.05) is 31.2 Å². The van der Waals surface area contributed by atoms with Crippen LogP contribution in [0.25, 0.3) is 11.0 Å². The van der Waals surface area contributed by atoms with E-state index in [4.69, 9.17) is 4.42 Å². The largest absolute Gasteiger partial charge is 0.451 e. The summed E-state index contributed by atoms with van der Waals surface area (Å²) in [7, 11) is -2.96. The van der Waals surface area contributed by atoms with Crippen molar-refractivity contribution in [2.45, 2.75) is 23.4 Å². The zero-order valence-corrected chi connectivity index (χ0v) is 17.6. The third-order valence-electron chi connectivity index (χ3n) is 4.63. The summed E-state index contributed by atoms with van der Waals surface area (Å²) in [4.78, 5) is 12.8. The van der Waals surface area contributed by atoms with E-state index in [2.05, 4.69) is 15.5 Å². The molecule has 1 amide bonds. The van der Waals surface area contributed by atoms with Crippen LogP contribution in [0.15, 0.2) is 33.0 Å². The van der Waals surface area contributed by atoms with E-state index >= 15 is 0 Å². The third kappa shape index (κ3) is 4.23. The second-order valence-electron chi connectivity index (χ2n) is 6.76. The first-order valence-corrected chi connectivity index (χ1v) is 12.5. The van der Waals surface area contributed by atoms with Crippen molar-refractivity contribution in [1.29, 1.82) is 0 Å². The molecule has 0 saturated carbocycles. The molecule has 1 N–H and O–H groups in total. The van der Waals surface area contributed by atoms with Crippen molar-refractivity contribution in [3.8, 4) is 0 Å². The molecule has 1 saturated heterocycles. The lowest BCUT2D eigenvalue weighted by Crippen LogP contribution is -2.30. The number of benzene rings is 1. The summed E-state index contributed by atoms with van der Waals surface area (Å²) in [6, 6.07) is 7.54. The molecule has 10 heteroatoms. The first-order chi connectivity index (χ1) is 13.4. The van der Waals surface area contributed by atoms with Crippen molar-refractivity contribution in [2.24, 2.45) is 5.92 Å². The van der Waals surface area contributed by atoms with Gasteiger partial charge < -0.3 is 9.73 Å². The van der Waals surface area contributed by atoms with Crippen LogP contribution in [0.5, 0.6) is 0 Å². The molecule has 3 heterocycles. The van der Waals surface area contributed by atoms with Gasteiger partial charge in [-0.15, -0.1) is 10.2 Å². The van der Waals surface area contributed by atoms with Gasteiger partial charge in [0.2, 0.25) is 0 Å². The van der Waals surface area contributed by atoms with Gasteiger partial charge in [0.05, 0.1) is 11.5 Å². The summed E-state index contributed by atoms with van der Waals surface area (Å²) in [6.07, 6.45) is 0.585. The molecule has 1 fully saturated rings. The van der Waals surface area contributed by atoms with E-state index < -0.39 is 9.84 Å². The number of nitrogens with zero attached hydrogens (tertiary/aromatic N) is 2. The molecule has 0 aliphatic carbocycles. The van der Waals surface area contributed by atoms with Crippen LogP contribution in [0.4, 0.5) is 0 Å². The standard InChI is InChI=1S/C18H19N3O4S3/c1-11-20-21-18(27-11)26-9-14-13-4-2-3-5-15(13)25-16(14)17(22)19-8-12-6-7-28(23,24)10-12/h2-5,12H,6-10H2,1H3,(H,19,22). The fraction of sp³-hybridized carbons (Fsp3) is 0.389. The van der Waals surface area contributed by atoms with E-state index in [9.17, 15) is 13.2 Å². The number of nitrogens with one attached hydrogen (secondary N) is 1. The number of carbonyl (C=O) groups is 1. The summed E-state index contributed by atoms with van der Waals surface area (Å²) in [5.74, 6) is 0.779. The molecule has 1 aliphatic heterocycles. The molecule has 1 aromatic carbocycles. The molecular weight excluding hydrogens is 418 g/mol. The zero-order valence-electron chi connectivity index (χ0n) is 15.2. The lowest BCUT2D eigenvalue weighted by Gasteiger charge is -2.09. The Balaban J connectivity index is 1.52. The second-order valence-corrected chi connectivity index (χ2v) is 11.4. The van der Waals surface area contributed by atoms with Gasteiger partial charge in [-0.2, -0.15) is 0 Å². The topological polar surface area (TPSA) is 102 Å². The highest BCUT2D eigenvalue weighted by atomic mass is 32.2. The van der Waals surface area contributed by atoms with Crippen LogP contribution in [0.3, 0.4) is 0 Å². The van der Waals surface area contributed by atoms with Gasteiger partial charge >= 0.3 is 0 Å². The van der Waals surface area contributed by atoms with E-state index in [1.165, 1.54) is 23.1 Å². The molecule has 0 spiro atoms. The third-order valence-corrected chi connectivity index (χ3v) is 8.47. The average molecular weight is 438 g/mol. The lowest BCUT2D eigenvalue weighted by atomic mass is 10.1. The Morgan fingerprint density at radius 1 is 1.36 bits per heavy atom. The summed E-state index contributed by atoms with van der Waals surface area (Å²) in [5.41, 5.74) is 1.46. The van der Waals surface area contributed by atoms with Crippen LogP contribution in [-0.4, -0.2) is 42.6 Å². The van der Waals surface area contributed by atoms with Crippen LogP contribution < -0.4 is 5.32 Å². The first-order valence-electron chi connectivity index (χ1n) is 8.83. The number of rotatable bonds is 6. The quantitative estimate of drug-likeness (QED) is 0.591. The fourth-order valence-electron chi connectivity index (χ4n) is 3.25. The van der Waals surface area contributed by atoms with Crippen LogP contribution in [-0.2, 0) is 15.6 Å². The minimum atomic E-state index is -2.96. The number of fused-ring (bicyclic) bond motifs is 1. The highest BCUT2D eigenvalue weighted by Crippen LogP contribution is 2.33. The number of carbonyl (C=O) groups excluding carboxylic acids is 1. The predicted octanol–water partition coefficient (Wildman–Crippen LogP) is 3.05. The van der Waals surface area contributed by atoms with Crippen molar-refractivity contribution < 1.29 is 17.6 Å². The van der Waals surface area contributed by atoms with Gasteiger partial charge in [0, 0.05) is 23.2 Å². The Bertz CT molecular complexity index is 1120. The molecule has 0 bridgehead atoms. The normalized spacial score (nSPS) is 18.5. The SMILES string of the molecule is Cc1nnc(SCc2c(C(=O)NCC3CCS(=O)(=O)C3)oc3ccccc23)s1. The number of hydrogen-bond acceptors (Lipinski definition) is 8. The average Bonchev–Trinajstić information content (AvgIpc) is 3.34. The summed E-state index contributed by atoms with van der Waals surface area (Å²) in [6.45, 7) is 2.23. The fourth-order valence-corrected chi connectivity index (χ4v) is 6.95. The van der Waals surface area contributed by atoms with Gasteiger partial charge in [0.25, 0.3) is 5.91 Å². The summed E-state index contributed by atoms with van der Waals surface area (Å²) < 4.78 is 29.9. The molecule has 148 valence electrons. The van der Waals surface area contributed by atoms with E-state index in [-0.39, 0.29) is 29.1 Å². The number of hydrogen-bond donors (Lipinski definition) is 1. The lowest BCUT2D eigenvalue weighted by molar-refractivity contribution is 0.0922. The first kappa shape index (κ1) is 19.4. The van der Waals surface area contributed by atoms with Gasteiger partial charge in [-0.05, 0) is 25.3 Å². The Labute approximate surface area is 170 Å². The highest BCUT2D eigenvalue weighted by molar-refractivity contribution is 8.00. The molecule has 7 nitrogen and oxygen atoms in total. The van der Waals surface area contributed by atoms with Gasteiger partial charge in [-0.1, -0.05) is 41.3 Å². The van der Waals surface area contributed by atoms with E-state index in [0.717, 1.165) is 20.3 Å². The predicted molar refractivity (Wildman–Crippen MR) is 110 cm³/mol.